The molecule has 1 rings (SSSR count). The van der Waals surface area contributed by atoms with E-state index in [1.54, 1.807) is 0 Å². The molecule has 90 valence electrons. The number of rotatable bonds is 7. The zero-order chi connectivity index (χ0) is 12.0. The summed E-state index contributed by atoms with van der Waals surface area (Å²) < 4.78 is 2.08. The summed E-state index contributed by atoms with van der Waals surface area (Å²) in [6.07, 6.45) is 2.17. The van der Waals surface area contributed by atoms with Gasteiger partial charge in [0.05, 0.1) is 5.69 Å². The molecular weight excluding hydrogens is 198 g/mol. The third kappa shape index (κ3) is 4.19. The van der Waals surface area contributed by atoms with Crippen LogP contribution in [0.2, 0.25) is 0 Å². The van der Waals surface area contributed by atoms with Gasteiger partial charge in [-0.15, -0.1) is 0 Å². The Labute approximate surface area is 98.5 Å². The number of nitrogens with one attached hydrogen (secondary N) is 1. The molecule has 0 aliphatic heterocycles. The van der Waals surface area contributed by atoms with Crippen LogP contribution in [0.1, 0.15) is 31.2 Å². The Morgan fingerprint density at radius 2 is 2.25 bits per heavy atom. The zero-order valence-corrected chi connectivity index (χ0v) is 10.7. The Morgan fingerprint density at radius 1 is 1.50 bits per heavy atom. The lowest BCUT2D eigenvalue weighted by Gasteiger charge is -2.07. The van der Waals surface area contributed by atoms with Crippen molar-refractivity contribution in [3.8, 4) is 0 Å². The molecule has 3 heteroatoms. The minimum absolute atomic E-state index is 0.938. The van der Waals surface area contributed by atoms with Gasteiger partial charge in [-0.3, -0.25) is 4.68 Å². The predicted octanol–water partition coefficient (Wildman–Crippen LogP) is 2.45. The zero-order valence-electron chi connectivity index (χ0n) is 10.7. The Balaban J connectivity index is 2.16. The molecule has 0 amide bonds. The van der Waals surface area contributed by atoms with Gasteiger partial charge < -0.3 is 5.32 Å². The molecule has 1 aromatic rings. The van der Waals surface area contributed by atoms with E-state index in [9.17, 15) is 0 Å². The largest absolute Gasteiger partial charge is 0.313 e. The van der Waals surface area contributed by atoms with Crippen LogP contribution in [0.25, 0.3) is 0 Å². The van der Waals surface area contributed by atoms with Gasteiger partial charge in [-0.05, 0) is 39.3 Å². The first-order valence-corrected chi connectivity index (χ1v) is 6.02. The molecule has 16 heavy (non-hydrogen) atoms. The summed E-state index contributed by atoms with van der Waals surface area (Å²) in [5.41, 5.74) is 3.62. The van der Waals surface area contributed by atoms with Crippen molar-refractivity contribution in [2.24, 2.45) is 0 Å². The van der Waals surface area contributed by atoms with E-state index < -0.39 is 0 Å². The maximum absolute atomic E-state index is 4.43. The van der Waals surface area contributed by atoms with Crippen molar-refractivity contribution in [1.29, 1.82) is 0 Å². The Hall–Kier alpha value is -1.09. The molecule has 0 radical (unpaired) electrons. The summed E-state index contributed by atoms with van der Waals surface area (Å²) in [6.45, 7) is 13.2. The normalized spacial score (nSPS) is 10.7. The lowest BCUT2D eigenvalue weighted by atomic mass is 10.2. The number of aromatic nitrogens is 2. The SMILES string of the molecule is C=C(CC)CNCCCn1nc(C)cc1C. The van der Waals surface area contributed by atoms with Crippen LogP contribution in [-0.2, 0) is 6.54 Å². The van der Waals surface area contributed by atoms with Crippen LogP contribution in [0.15, 0.2) is 18.2 Å². The lowest BCUT2D eigenvalue weighted by molar-refractivity contribution is 0.539. The second-order valence-electron chi connectivity index (χ2n) is 4.28. The second kappa shape index (κ2) is 6.48. The van der Waals surface area contributed by atoms with Gasteiger partial charge in [-0.25, -0.2) is 0 Å². The van der Waals surface area contributed by atoms with Gasteiger partial charge in [0.25, 0.3) is 0 Å². The van der Waals surface area contributed by atoms with Crippen LogP contribution in [0, 0.1) is 13.8 Å². The van der Waals surface area contributed by atoms with Crippen LogP contribution < -0.4 is 5.32 Å². The van der Waals surface area contributed by atoms with Crippen molar-refractivity contribution >= 4 is 0 Å². The number of nitrogens with zero attached hydrogens (tertiary/aromatic N) is 2. The quantitative estimate of drug-likeness (QED) is 0.566. The first-order valence-electron chi connectivity index (χ1n) is 6.02. The maximum Gasteiger partial charge on any atom is 0.0596 e. The third-order valence-corrected chi connectivity index (χ3v) is 2.70. The molecule has 0 aliphatic rings. The number of hydrogen-bond donors (Lipinski definition) is 1. The average Bonchev–Trinajstić information content (AvgIpc) is 2.56. The standard InChI is InChI=1S/C13H23N3/c1-5-11(2)10-14-7-6-8-16-13(4)9-12(3)15-16/h9,14H,2,5-8,10H2,1,3-4H3. The molecule has 3 nitrogen and oxygen atoms in total. The summed E-state index contributed by atoms with van der Waals surface area (Å²) in [7, 11) is 0. The molecule has 0 saturated carbocycles. The molecule has 0 saturated heterocycles. The molecule has 1 heterocycles. The van der Waals surface area contributed by atoms with Crippen LogP contribution in [0.4, 0.5) is 0 Å². The van der Waals surface area contributed by atoms with Gasteiger partial charge in [0.15, 0.2) is 0 Å². The van der Waals surface area contributed by atoms with Gasteiger partial charge in [0.2, 0.25) is 0 Å². The summed E-state index contributed by atoms with van der Waals surface area (Å²) in [5, 5.41) is 7.82. The van der Waals surface area contributed by atoms with Crippen molar-refractivity contribution in [1.82, 2.24) is 15.1 Å². The van der Waals surface area contributed by atoms with E-state index >= 15 is 0 Å². The maximum atomic E-state index is 4.43. The van der Waals surface area contributed by atoms with Crippen molar-refractivity contribution < 1.29 is 0 Å². The first-order chi connectivity index (χ1) is 7.63. The molecule has 0 bridgehead atoms. The van der Waals surface area contributed by atoms with Crippen LogP contribution >= 0.6 is 0 Å². The van der Waals surface area contributed by atoms with E-state index in [1.165, 1.54) is 11.3 Å². The minimum atomic E-state index is 0.938. The fourth-order valence-electron chi connectivity index (χ4n) is 1.65. The molecule has 0 aliphatic carbocycles. The Morgan fingerprint density at radius 3 is 2.81 bits per heavy atom. The van der Waals surface area contributed by atoms with Gasteiger partial charge in [0.1, 0.15) is 0 Å². The highest BCUT2D eigenvalue weighted by atomic mass is 15.3. The fraction of sp³-hybridized carbons (Fsp3) is 0.615. The van der Waals surface area contributed by atoms with Crippen molar-refractivity contribution in [2.75, 3.05) is 13.1 Å². The number of hydrogen-bond acceptors (Lipinski definition) is 2. The monoisotopic (exact) mass is 221 g/mol. The predicted molar refractivity (Wildman–Crippen MR) is 68.6 cm³/mol. The van der Waals surface area contributed by atoms with E-state index in [2.05, 4.69) is 41.6 Å². The van der Waals surface area contributed by atoms with Crippen molar-refractivity contribution in [3.05, 3.63) is 29.6 Å². The molecule has 1 N–H and O–H groups in total. The third-order valence-electron chi connectivity index (χ3n) is 2.70. The van der Waals surface area contributed by atoms with Crippen molar-refractivity contribution in [2.45, 2.75) is 40.2 Å². The van der Waals surface area contributed by atoms with E-state index in [1.807, 2.05) is 6.92 Å². The van der Waals surface area contributed by atoms with Crippen LogP contribution in [-0.4, -0.2) is 22.9 Å². The summed E-state index contributed by atoms with van der Waals surface area (Å²) in [4.78, 5) is 0. The van der Waals surface area contributed by atoms with Gasteiger partial charge in [0, 0.05) is 18.8 Å². The average molecular weight is 221 g/mol. The fourth-order valence-corrected chi connectivity index (χ4v) is 1.65. The van der Waals surface area contributed by atoms with Crippen LogP contribution in [0.5, 0.6) is 0 Å². The van der Waals surface area contributed by atoms with E-state index in [0.717, 1.165) is 38.2 Å². The van der Waals surface area contributed by atoms with E-state index in [4.69, 9.17) is 0 Å². The molecular formula is C13H23N3. The molecule has 0 spiro atoms. The molecule has 1 aromatic heterocycles. The highest BCUT2D eigenvalue weighted by molar-refractivity contribution is 5.06. The first kappa shape index (κ1) is 13.0. The van der Waals surface area contributed by atoms with E-state index in [-0.39, 0.29) is 0 Å². The molecule has 0 atom stereocenters. The minimum Gasteiger partial charge on any atom is -0.313 e. The number of aryl methyl sites for hydroxylation is 3. The lowest BCUT2D eigenvalue weighted by Crippen LogP contribution is -2.19. The van der Waals surface area contributed by atoms with Gasteiger partial charge >= 0.3 is 0 Å². The smallest absolute Gasteiger partial charge is 0.0596 e. The topological polar surface area (TPSA) is 29.9 Å². The Kier molecular flexibility index (Phi) is 5.26. The van der Waals surface area contributed by atoms with Crippen LogP contribution in [0.3, 0.4) is 0 Å². The molecule has 0 aromatic carbocycles. The van der Waals surface area contributed by atoms with Crippen molar-refractivity contribution in [3.63, 3.8) is 0 Å². The highest BCUT2D eigenvalue weighted by Crippen LogP contribution is 2.02. The van der Waals surface area contributed by atoms with Gasteiger partial charge in [-0.2, -0.15) is 5.10 Å². The highest BCUT2D eigenvalue weighted by Gasteiger charge is 1.99. The summed E-state index contributed by atoms with van der Waals surface area (Å²) in [6, 6.07) is 2.12. The van der Waals surface area contributed by atoms with E-state index in [0.29, 0.717) is 0 Å². The Bertz CT molecular complexity index is 339. The molecule has 0 fully saturated rings. The molecule has 0 unspecified atom stereocenters. The summed E-state index contributed by atoms with van der Waals surface area (Å²) >= 11 is 0. The summed E-state index contributed by atoms with van der Waals surface area (Å²) in [5.74, 6) is 0. The second-order valence-corrected chi connectivity index (χ2v) is 4.28. The van der Waals surface area contributed by atoms with Gasteiger partial charge in [-0.1, -0.05) is 19.1 Å².